The van der Waals surface area contributed by atoms with Crippen LogP contribution >= 0.6 is 43.2 Å². The predicted molar refractivity (Wildman–Crippen MR) is 97.8 cm³/mol. The summed E-state index contributed by atoms with van der Waals surface area (Å²) in [6, 6.07) is 10.1. The van der Waals surface area contributed by atoms with E-state index in [4.69, 9.17) is 0 Å². The number of benzene rings is 1. The van der Waals surface area contributed by atoms with Crippen LogP contribution in [0, 0.1) is 0 Å². The average molecular weight is 482 g/mol. The van der Waals surface area contributed by atoms with E-state index in [-0.39, 0.29) is 23.8 Å². The Hall–Kier alpha value is -0.740. The highest BCUT2D eigenvalue weighted by atomic mass is 79.9. The maximum Gasteiger partial charge on any atom is 0.240 e. The molecule has 2 N–H and O–H groups in total. The monoisotopic (exact) mass is 480 g/mol. The molecule has 0 saturated carbocycles. The molecule has 0 bridgehead atoms. The van der Waals surface area contributed by atoms with Crippen LogP contribution in [0.4, 0.5) is 0 Å². The molecular formula is C14H14Br2N2O3S2. The lowest BCUT2D eigenvalue weighted by molar-refractivity contribution is -0.121. The number of amides is 1. The van der Waals surface area contributed by atoms with Crippen LogP contribution < -0.4 is 10.0 Å². The highest BCUT2D eigenvalue weighted by molar-refractivity contribution is 9.11. The fraction of sp³-hybridized carbons (Fsp3) is 0.214. The predicted octanol–water partition coefficient (Wildman–Crippen LogP) is 3.26. The number of hydrogen-bond acceptors (Lipinski definition) is 4. The van der Waals surface area contributed by atoms with Gasteiger partial charge in [-0.25, -0.2) is 13.1 Å². The number of sulfonamides is 1. The first-order valence-corrected chi connectivity index (χ1v) is 10.5. The minimum atomic E-state index is -3.59. The molecular weight excluding hydrogens is 468 g/mol. The van der Waals surface area contributed by atoms with Crippen LogP contribution in [0.5, 0.6) is 0 Å². The van der Waals surface area contributed by atoms with E-state index in [9.17, 15) is 13.2 Å². The van der Waals surface area contributed by atoms with E-state index in [0.717, 1.165) is 13.1 Å². The van der Waals surface area contributed by atoms with E-state index in [2.05, 4.69) is 41.9 Å². The normalized spacial score (nSPS) is 11.4. The number of carbonyl (C=O) groups excluding carboxylic acids is 1. The zero-order valence-corrected chi connectivity index (χ0v) is 16.7. The van der Waals surface area contributed by atoms with Crippen molar-refractivity contribution in [3.63, 3.8) is 0 Å². The fourth-order valence-corrected chi connectivity index (χ4v) is 4.44. The van der Waals surface area contributed by atoms with E-state index < -0.39 is 10.0 Å². The Morgan fingerprint density at radius 3 is 2.39 bits per heavy atom. The smallest absolute Gasteiger partial charge is 0.240 e. The van der Waals surface area contributed by atoms with Crippen LogP contribution in [0.3, 0.4) is 0 Å². The second-order valence-corrected chi connectivity index (χ2v) is 9.81. The molecule has 0 aliphatic rings. The van der Waals surface area contributed by atoms with Crippen LogP contribution in [-0.4, -0.2) is 20.9 Å². The van der Waals surface area contributed by atoms with E-state index in [1.165, 1.54) is 12.1 Å². The summed E-state index contributed by atoms with van der Waals surface area (Å²) in [5.41, 5.74) is 0. The summed E-state index contributed by atoms with van der Waals surface area (Å²) in [4.78, 5) is 12.9. The Bertz CT molecular complexity index is 774. The molecule has 0 radical (unpaired) electrons. The van der Waals surface area contributed by atoms with Crippen LogP contribution in [0.15, 0.2) is 49.6 Å². The molecule has 0 saturated heterocycles. The molecule has 9 heteroatoms. The van der Waals surface area contributed by atoms with E-state index >= 15 is 0 Å². The highest BCUT2D eigenvalue weighted by Crippen LogP contribution is 2.21. The number of halogens is 2. The van der Waals surface area contributed by atoms with Gasteiger partial charge in [-0.3, -0.25) is 4.79 Å². The quantitative estimate of drug-likeness (QED) is 0.637. The van der Waals surface area contributed by atoms with Gasteiger partial charge in [-0.15, -0.1) is 11.3 Å². The van der Waals surface area contributed by atoms with Crippen molar-refractivity contribution in [1.29, 1.82) is 0 Å². The molecule has 1 heterocycles. The molecule has 0 aliphatic heterocycles. The molecule has 1 aromatic heterocycles. The third kappa shape index (κ3) is 6.00. The number of carbonyl (C=O) groups is 1. The lowest BCUT2D eigenvalue weighted by Crippen LogP contribution is -2.30. The highest BCUT2D eigenvalue weighted by Gasteiger charge is 2.13. The fourth-order valence-electron chi connectivity index (χ4n) is 1.72. The van der Waals surface area contributed by atoms with Gasteiger partial charge in [-0.1, -0.05) is 15.9 Å². The Morgan fingerprint density at radius 1 is 1.09 bits per heavy atom. The summed E-state index contributed by atoms with van der Waals surface area (Å²) in [5, 5.41) is 2.76. The molecule has 0 fully saturated rings. The Labute approximate surface area is 155 Å². The third-order valence-electron chi connectivity index (χ3n) is 2.86. The molecule has 0 atom stereocenters. The lowest BCUT2D eigenvalue weighted by Gasteiger charge is -2.07. The van der Waals surface area contributed by atoms with Gasteiger partial charge in [0.2, 0.25) is 15.9 Å². The van der Waals surface area contributed by atoms with Crippen molar-refractivity contribution in [1.82, 2.24) is 10.0 Å². The first kappa shape index (κ1) is 18.6. The van der Waals surface area contributed by atoms with E-state index in [1.807, 2.05) is 12.1 Å². The minimum absolute atomic E-state index is 0.0539. The van der Waals surface area contributed by atoms with Crippen molar-refractivity contribution < 1.29 is 13.2 Å². The van der Waals surface area contributed by atoms with Gasteiger partial charge in [0.05, 0.1) is 15.2 Å². The Morgan fingerprint density at radius 2 is 1.78 bits per heavy atom. The average Bonchev–Trinajstić information content (AvgIpc) is 2.91. The summed E-state index contributed by atoms with van der Waals surface area (Å²) >= 11 is 8.15. The Kier molecular flexibility index (Phi) is 6.78. The minimum Gasteiger partial charge on any atom is -0.351 e. The molecule has 0 spiro atoms. The van der Waals surface area contributed by atoms with E-state index in [0.29, 0.717) is 6.54 Å². The van der Waals surface area contributed by atoms with Gasteiger partial charge >= 0.3 is 0 Å². The molecule has 1 amide bonds. The first-order chi connectivity index (χ1) is 10.9. The molecule has 0 unspecified atom stereocenters. The zero-order chi connectivity index (χ0) is 16.9. The van der Waals surface area contributed by atoms with Crippen molar-refractivity contribution in [2.75, 3.05) is 6.54 Å². The van der Waals surface area contributed by atoms with Gasteiger partial charge in [-0.05, 0) is 52.3 Å². The van der Waals surface area contributed by atoms with Crippen LogP contribution in [0.2, 0.25) is 0 Å². The zero-order valence-electron chi connectivity index (χ0n) is 11.9. The summed E-state index contributed by atoms with van der Waals surface area (Å²) in [6.07, 6.45) is 0.0856. The van der Waals surface area contributed by atoms with Gasteiger partial charge in [-0.2, -0.15) is 0 Å². The summed E-state index contributed by atoms with van der Waals surface area (Å²) in [5.74, 6) is -0.201. The third-order valence-corrected chi connectivity index (χ3v) is 6.49. The number of thiophene rings is 1. The molecule has 2 rings (SSSR count). The molecule has 1 aromatic carbocycles. The standard InChI is InChI=1S/C14H14Br2N2O3S2/c15-10-1-4-12(5-2-10)23(20,21)18-8-7-14(19)17-9-11-3-6-13(16)22-11/h1-6,18H,7-9H2,(H,17,19). The first-order valence-electron chi connectivity index (χ1n) is 6.63. The van der Waals surface area contributed by atoms with Crippen molar-refractivity contribution in [2.24, 2.45) is 0 Å². The topological polar surface area (TPSA) is 75.3 Å². The summed E-state index contributed by atoms with van der Waals surface area (Å²) in [7, 11) is -3.59. The van der Waals surface area contributed by atoms with Crippen LogP contribution in [0.1, 0.15) is 11.3 Å². The summed E-state index contributed by atoms with van der Waals surface area (Å²) < 4.78 is 28.3. The van der Waals surface area contributed by atoms with Gasteiger partial charge < -0.3 is 5.32 Å². The second kappa shape index (κ2) is 8.39. The van der Waals surface area contributed by atoms with Crippen molar-refractivity contribution >= 4 is 59.1 Å². The summed E-state index contributed by atoms with van der Waals surface area (Å²) in [6.45, 7) is 0.493. The number of rotatable bonds is 7. The van der Waals surface area contributed by atoms with Gasteiger partial charge in [0, 0.05) is 22.3 Å². The SMILES string of the molecule is O=C(CCNS(=O)(=O)c1ccc(Br)cc1)NCc1ccc(Br)s1. The number of hydrogen-bond donors (Lipinski definition) is 2. The van der Waals surface area contributed by atoms with Crippen LogP contribution in [-0.2, 0) is 21.4 Å². The van der Waals surface area contributed by atoms with Crippen molar-refractivity contribution in [3.8, 4) is 0 Å². The maximum absolute atomic E-state index is 12.0. The van der Waals surface area contributed by atoms with Crippen LogP contribution in [0.25, 0.3) is 0 Å². The van der Waals surface area contributed by atoms with Crippen molar-refractivity contribution in [3.05, 3.63) is 49.5 Å². The van der Waals surface area contributed by atoms with Crippen molar-refractivity contribution in [2.45, 2.75) is 17.9 Å². The second-order valence-electron chi connectivity index (χ2n) is 4.58. The molecule has 0 aliphatic carbocycles. The lowest BCUT2D eigenvalue weighted by atomic mass is 10.4. The molecule has 124 valence electrons. The van der Waals surface area contributed by atoms with E-state index in [1.54, 1.807) is 23.5 Å². The largest absolute Gasteiger partial charge is 0.351 e. The molecule has 23 heavy (non-hydrogen) atoms. The number of nitrogens with one attached hydrogen (secondary N) is 2. The Balaban J connectivity index is 1.77. The van der Waals surface area contributed by atoms with Gasteiger partial charge in [0.15, 0.2) is 0 Å². The molecule has 2 aromatic rings. The molecule has 5 nitrogen and oxygen atoms in total. The van der Waals surface area contributed by atoms with Gasteiger partial charge in [0.1, 0.15) is 0 Å². The van der Waals surface area contributed by atoms with Gasteiger partial charge in [0.25, 0.3) is 0 Å². The maximum atomic E-state index is 12.0.